The van der Waals surface area contributed by atoms with E-state index in [0.29, 0.717) is 5.56 Å². The summed E-state index contributed by atoms with van der Waals surface area (Å²) in [6.07, 6.45) is 5.22. The molecule has 1 N–H and O–H groups in total. The van der Waals surface area contributed by atoms with Crippen LogP contribution in [0.25, 0.3) is 0 Å². The van der Waals surface area contributed by atoms with Gasteiger partial charge in [0.05, 0.1) is 20.6 Å². The second-order valence-corrected chi connectivity index (χ2v) is 8.27. The van der Waals surface area contributed by atoms with Crippen LogP contribution in [0.15, 0.2) is 24.3 Å². The maximum Gasteiger partial charge on any atom is 0.343 e. The summed E-state index contributed by atoms with van der Waals surface area (Å²) in [5.41, 5.74) is -1.24. The molecular weight excluding hydrogens is 321 g/mol. The van der Waals surface area contributed by atoms with Crippen molar-refractivity contribution >= 4 is 5.97 Å². The quantitative estimate of drug-likeness (QED) is 0.671. The molecule has 0 radical (unpaired) electrons. The number of likely N-dealkylation sites (N-methyl/N-ethyl adjacent to an activating group) is 1. The van der Waals surface area contributed by atoms with Crippen LogP contribution >= 0.6 is 0 Å². The van der Waals surface area contributed by atoms with Gasteiger partial charge >= 0.3 is 5.97 Å². The minimum absolute atomic E-state index is 0.170. The minimum atomic E-state index is -1.68. The van der Waals surface area contributed by atoms with Crippen molar-refractivity contribution in [2.24, 2.45) is 5.92 Å². The van der Waals surface area contributed by atoms with Crippen molar-refractivity contribution in [1.29, 1.82) is 0 Å². The van der Waals surface area contributed by atoms with Crippen molar-refractivity contribution in [1.82, 2.24) is 0 Å². The van der Waals surface area contributed by atoms with Gasteiger partial charge in [-0.05, 0) is 37.0 Å². The van der Waals surface area contributed by atoms with E-state index in [9.17, 15) is 14.3 Å². The topological polar surface area (TPSA) is 46.5 Å². The fraction of sp³-hybridized carbons (Fsp3) is 0.650. The molecule has 2 aliphatic rings. The lowest BCUT2D eigenvalue weighted by Crippen LogP contribution is -2.53. The Bertz CT molecular complexity index is 610. The lowest BCUT2D eigenvalue weighted by atomic mass is 9.80. The highest BCUT2D eigenvalue weighted by Gasteiger charge is 2.49. The van der Waals surface area contributed by atoms with Gasteiger partial charge in [0.1, 0.15) is 12.4 Å². The Kier molecular flexibility index (Phi) is 5.16. The summed E-state index contributed by atoms with van der Waals surface area (Å²) in [5, 5.41) is 11.4. The number of hydrogen-bond acceptors (Lipinski definition) is 3. The van der Waals surface area contributed by atoms with Crippen molar-refractivity contribution in [2.75, 3.05) is 27.2 Å². The summed E-state index contributed by atoms with van der Waals surface area (Å²) in [7, 11) is 4.26. The van der Waals surface area contributed by atoms with E-state index in [0.717, 1.165) is 56.1 Å². The molecular formula is C20H29FNO3+. The van der Waals surface area contributed by atoms with Crippen LogP contribution in [0.2, 0.25) is 0 Å². The number of aliphatic hydroxyl groups is 1. The zero-order valence-corrected chi connectivity index (χ0v) is 15.2. The number of likely N-dealkylation sites (tertiary alicyclic amines) is 1. The van der Waals surface area contributed by atoms with Gasteiger partial charge in [-0.2, -0.15) is 0 Å². The van der Waals surface area contributed by atoms with Crippen LogP contribution in [0.3, 0.4) is 0 Å². The Hall–Kier alpha value is -1.46. The number of hydrogen-bond donors (Lipinski definition) is 1. The molecule has 0 amide bonds. The van der Waals surface area contributed by atoms with Crippen molar-refractivity contribution in [3.63, 3.8) is 0 Å². The van der Waals surface area contributed by atoms with E-state index in [1.54, 1.807) is 0 Å². The summed E-state index contributed by atoms with van der Waals surface area (Å²) in [6.45, 7) is 1.83. The molecule has 1 heterocycles. The number of nitrogens with zero attached hydrogens (tertiary/aromatic N) is 1. The first-order chi connectivity index (χ1) is 11.8. The van der Waals surface area contributed by atoms with Crippen LogP contribution < -0.4 is 0 Å². The van der Waals surface area contributed by atoms with E-state index in [1.165, 1.54) is 24.3 Å². The van der Waals surface area contributed by atoms with Crippen molar-refractivity contribution < 1.29 is 23.5 Å². The van der Waals surface area contributed by atoms with Crippen LogP contribution in [-0.4, -0.2) is 48.8 Å². The third-order valence-electron chi connectivity index (χ3n) is 5.80. The van der Waals surface area contributed by atoms with Crippen molar-refractivity contribution in [3.05, 3.63) is 35.6 Å². The minimum Gasteiger partial charge on any atom is -0.454 e. The zero-order valence-electron chi connectivity index (χ0n) is 15.2. The molecule has 3 rings (SSSR count). The largest absolute Gasteiger partial charge is 0.454 e. The molecule has 4 nitrogen and oxygen atoms in total. The number of carbonyl (C=O) groups excluding carboxylic acids is 1. The highest BCUT2D eigenvalue weighted by molar-refractivity contribution is 5.81. The molecule has 1 aliphatic carbocycles. The van der Waals surface area contributed by atoms with Crippen LogP contribution in [0.5, 0.6) is 0 Å². The summed E-state index contributed by atoms with van der Waals surface area (Å²) < 4.78 is 19.9. The van der Waals surface area contributed by atoms with E-state index in [1.807, 2.05) is 0 Å². The third kappa shape index (κ3) is 3.87. The van der Waals surface area contributed by atoms with Gasteiger partial charge in [-0.15, -0.1) is 0 Å². The van der Waals surface area contributed by atoms with Crippen molar-refractivity contribution in [3.8, 4) is 0 Å². The first kappa shape index (κ1) is 18.3. The van der Waals surface area contributed by atoms with Crippen LogP contribution in [0.1, 0.15) is 44.1 Å². The third-order valence-corrected chi connectivity index (χ3v) is 5.80. The SMILES string of the molecule is C[N+]1(C)CCC[C@@H](OC(=O)[C@](O)(c2ccc(F)cc2)C2CCCC2)C1. The number of quaternary nitrogens is 1. The molecule has 1 aromatic rings. The van der Waals surface area contributed by atoms with E-state index in [-0.39, 0.29) is 17.8 Å². The highest BCUT2D eigenvalue weighted by Crippen LogP contribution is 2.42. The molecule has 1 saturated carbocycles. The fourth-order valence-electron chi connectivity index (χ4n) is 4.39. The van der Waals surface area contributed by atoms with Crippen molar-refractivity contribution in [2.45, 2.75) is 50.2 Å². The predicted octanol–water partition coefficient (Wildman–Crippen LogP) is 2.99. The smallest absolute Gasteiger partial charge is 0.343 e. The fourth-order valence-corrected chi connectivity index (χ4v) is 4.39. The maximum atomic E-state index is 13.3. The number of halogens is 1. The second-order valence-electron chi connectivity index (χ2n) is 8.27. The van der Waals surface area contributed by atoms with Gasteiger partial charge in [-0.3, -0.25) is 0 Å². The average molecular weight is 350 g/mol. The molecule has 2 fully saturated rings. The number of piperidine rings is 1. The van der Waals surface area contributed by atoms with E-state index in [2.05, 4.69) is 14.1 Å². The molecule has 0 spiro atoms. The lowest BCUT2D eigenvalue weighted by molar-refractivity contribution is -0.898. The molecule has 1 saturated heterocycles. The molecule has 1 aliphatic heterocycles. The molecule has 5 heteroatoms. The Morgan fingerprint density at radius 1 is 1.16 bits per heavy atom. The number of carbonyl (C=O) groups is 1. The van der Waals surface area contributed by atoms with E-state index in [4.69, 9.17) is 4.74 Å². The van der Waals surface area contributed by atoms with Crippen LogP contribution in [-0.2, 0) is 15.1 Å². The standard InChI is InChI=1S/C20H29FNO3/c1-22(2)13-5-8-18(14-22)25-19(23)20(24,15-6-3-4-7-15)16-9-11-17(21)12-10-16/h9-12,15,18,24H,3-8,13-14H2,1-2H3/q+1/t18-,20-/m1/s1. The Morgan fingerprint density at radius 3 is 2.40 bits per heavy atom. The second kappa shape index (κ2) is 7.04. The number of benzene rings is 1. The Morgan fingerprint density at radius 2 is 1.80 bits per heavy atom. The normalized spacial score (nSPS) is 26.2. The van der Waals surface area contributed by atoms with E-state index >= 15 is 0 Å². The van der Waals surface area contributed by atoms with Gasteiger partial charge in [0.2, 0.25) is 0 Å². The maximum absolute atomic E-state index is 13.3. The lowest BCUT2D eigenvalue weighted by Gasteiger charge is -2.39. The predicted molar refractivity (Wildman–Crippen MR) is 93.2 cm³/mol. The summed E-state index contributed by atoms with van der Waals surface area (Å²) in [6, 6.07) is 5.61. The first-order valence-electron chi connectivity index (χ1n) is 9.33. The van der Waals surface area contributed by atoms with Gasteiger partial charge in [0, 0.05) is 12.3 Å². The molecule has 138 valence electrons. The molecule has 0 bridgehead atoms. The molecule has 0 unspecified atom stereocenters. The first-order valence-corrected chi connectivity index (χ1v) is 9.33. The van der Waals surface area contributed by atoms with Gasteiger partial charge < -0.3 is 14.3 Å². The van der Waals surface area contributed by atoms with Gasteiger partial charge in [0.25, 0.3) is 0 Å². The van der Waals surface area contributed by atoms with Gasteiger partial charge in [-0.25, -0.2) is 9.18 Å². The summed E-state index contributed by atoms with van der Waals surface area (Å²) in [5.74, 6) is -1.12. The number of ether oxygens (including phenoxy) is 1. The molecule has 0 aromatic heterocycles. The summed E-state index contributed by atoms with van der Waals surface area (Å²) in [4.78, 5) is 13.0. The van der Waals surface area contributed by atoms with E-state index < -0.39 is 11.6 Å². The monoisotopic (exact) mass is 350 g/mol. The average Bonchev–Trinajstić information content (AvgIpc) is 3.08. The Labute approximate surface area is 149 Å². The van der Waals surface area contributed by atoms with Gasteiger partial charge in [-0.1, -0.05) is 25.0 Å². The summed E-state index contributed by atoms with van der Waals surface area (Å²) >= 11 is 0. The van der Waals surface area contributed by atoms with Crippen LogP contribution in [0.4, 0.5) is 4.39 Å². The number of esters is 1. The number of rotatable bonds is 4. The Balaban J connectivity index is 1.83. The van der Waals surface area contributed by atoms with Gasteiger partial charge in [0.15, 0.2) is 11.7 Å². The zero-order chi connectivity index (χ0) is 18.1. The van der Waals surface area contributed by atoms with Crippen LogP contribution in [0, 0.1) is 11.7 Å². The highest BCUT2D eigenvalue weighted by atomic mass is 19.1. The molecule has 1 aromatic carbocycles. The molecule has 2 atom stereocenters. The molecule has 25 heavy (non-hydrogen) atoms.